The van der Waals surface area contributed by atoms with Gasteiger partial charge in [0.15, 0.2) is 5.78 Å². The van der Waals surface area contributed by atoms with Crippen LogP contribution in [0.25, 0.3) is 0 Å². The fourth-order valence-electron chi connectivity index (χ4n) is 2.48. The molecule has 1 aliphatic rings. The maximum absolute atomic E-state index is 13.6. The highest BCUT2D eigenvalue weighted by molar-refractivity contribution is 5.97. The van der Waals surface area contributed by atoms with Gasteiger partial charge in [-0.1, -0.05) is 0 Å². The Labute approximate surface area is 118 Å². The van der Waals surface area contributed by atoms with E-state index < -0.39 is 11.6 Å². The molecule has 0 spiro atoms. The van der Waals surface area contributed by atoms with Crippen LogP contribution in [0.15, 0.2) is 18.2 Å². The van der Waals surface area contributed by atoms with Crippen molar-refractivity contribution in [3.63, 3.8) is 0 Å². The summed E-state index contributed by atoms with van der Waals surface area (Å²) in [4.78, 5) is 16.4. The summed E-state index contributed by atoms with van der Waals surface area (Å²) in [7, 11) is 2.05. The monoisotopic (exact) mass is 282 g/mol. The van der Waals surface area contributed by atoms with Gasteiger partial charge in [0.2, 0.25) is 0 Å². The largest absolute Gasteiger partial charge is 0.299 e. The van der Waals surface area contributed by atoms with E-state index in [0.717, 1.165) is 31.8 Å². The summed E-state index contributed by atoms with van der Waals surface area (Å²) in [5.41, 5.74) is -0.0528. The van der Waals surface area contributed by atoms with Crippen LogP contribution in [0.5, 0.6) is 0 Å². The molecule has 3 nitrogen and oxygen atoms in total. The molecule has 5 heteroatoms. The molecule has 0 aliphatic carbocycles. The van der Waals surface area contributed by atoms with Gasteiger partial charge in [0.25, 0.3) is 0 Å². The van der Waals surface area contributed by atoms with Crippen molar-refractivity contribution >= 4 is 5.78 Å². The average Bonchev–Trinajstić information content (AvgIpc) is 2.33. The molecule has 0 amide bonds. The Morgan fingerprint density at radius 3 is 2.60 bits per heavy atom. The van der Waals surface area contributed by atoms with Crippen LogP contribution in [0.4, 0.5) is 8.78 Å². The highest BCUT2D eigenvalue weighted by Crippen LogP contribution is 2.19. The number of rotatable bonds is 3. The molecule has 2 rings (SSSR count). The molecule has 1 aromatic carbocycles. The van der Waals surface area contributed by atoms with Crippen molar-refractivity contribution in [1.82, 2.24) is 9.80 Å². The number of benzene rings is 1. The molecule has 20 heavy (non-hydrogen) atoms. The third-order valence-corrected chi connectivity index (χ3v) is 3.99. The van der Waals surface area contributed by atoms with Crippen LogP contribution in [-0.2, 0) is 0 Å². The Kier molecular flexibility index (Phi) is 4.20. The SMILES string of the molecule is CN1CCN(CC(=O)c2ccc(F)cc2F)CC1(C)C. The van der Waals surface area contributed by atoms with Gasteiger partial charge in [0, 0.05) is 31.2 Å². The first kappa shape index (κ1) is 15.1. The van der Waals surface area contributed by atoms with Crippen molar-refractivity contribution < 1.29 is 13.6 Å². The Hall–Kier alpha value is -1.33. The molecule has 0 bridgehead atoms. The van der Waals surface area contributed by atoms with Gasteiger partial charge < -0.3 is 0 Å². The number of nitrogens with zero attached hydrogens (tertiary/aromatic N) is 2. The first-order valence-electron chi connectivity index (χ1n) is 6.71. The van der Waals surface area contributed by atoms with Crippen molar-refractivity contribution in [2.75, 3.05) is 33.2 Å². The minimum Gasteiger partial charge on any atom is -0.299 e. The van der Waals surface area contributed by atoms with Gasteiger partial charge in [0.05, 0.1) is 12.1 Å². The molecule has 1 aromatic rings. The summed E-state index contributed by atoms with van der Waals surface area (Å²) in [6.45, 7) is 6.78. The number of carbonyl (C=O) groups excluding carboxylic acids is 1. The minimum absolute atomic E-state index is 0.0140. The molecule has 0 aromatic heterocycles. The second kappa shape index (κ2) is 5.58. The molecule has 1 fully saturated rings. The number of ketones is 1. The van der Waals surface area contributed by atoms with Gasteiger partial charge in [0.1, 0.15) is 11.6 Å². The molecule has 110 valence electrons. The molecule has 1 heterocycles. The average molecular weight is 282 g/mol. The van der Waals surface area contributed by atoms with Crippen LogP contribution in [-0.4, -0.2) is 54.3 Å². The summed E-state index contributed by atoms with van der Waals surface area (Å²) in [6, 6.07) is 3.08. The van der Waals surface area contributed by atoms with Gasteiger partial charge in [-0.3, -0.25) is 14.6 Å². The highest BCUT2D eigenvalue weighted by Gasteiger charge is 2.32. The summed E-state index contributed by atoms with van der Waals surface area (Å²) >= 11 is 0. The zero-order valence-electron chi connectivity index (χ0n) is 12.1. The van der Waals surface area contributed by atoms with E-state index in [2.05, 4.69) is 25.8 Å². The molecule has 0 unspecified atom stereocenters. The van der Waals surface area contributed by atoms with Gasteiger partial charge in [-0.15, -0.1) is 0 Å². The third-order valence-electron chi connectivity index (χ3n) is 3.99. The Morgan fingerprint density at radius 2 is 2.00 bits per heavy atom. The van der Waals surface area contributed by atoms with Gasteiger partial charge in [-0.25, -0.2) is 8.78 Å². The van der Waals surface area contributed by atoms with E-state index in [1.54, 1.807) is 0 Å². The van der Waals surface area contributed by atoms with Crippen molar-refractivity contribution in [1.29, 1.82) is 0 Å². The van der Waals surface area contributed by atoms with Crippen LogP contribution in [0.2, 0.25) is 0 Å². The van der Waals surface area contributed by atoms with Crippen LogP contribution in [0.1, 0.15) is 24.2 Å². The third kappa shape index (κ3) is 3.22. The topological polar surface area (TPSA) is 23.6 Å². The number of hydrogen-bond donors (Lipinski definition) is 0. The lowest BCUT2D eigenvalue weighted by Crippen LogP contribution is -2.58. The van der Waals surface area contributed by atoms with Crippen molar-refractivity contribution in [2.45, 2.75) is 19.4 Å². The smallest absolute Gasteiger partial charge is 0.179 e. The predicted octanol–water partition coefficient (Wildman–Crippen LogP) is 2.17. The normalized spacial score (nSPS) is 20.1. The molecular weight excluding hydrogens is 262 g/mol. The number of likely N-dealkylation sites (N-methyl/N-ethyl adjacent to an activating group) is 1. The maximum atomic E-state index is 13.6. The predicted molar refractivity (Wildman–Crippen MR) is 73.8 cm³/mol. The molecule has 0 radical (unpaired) electrons. The second-order valence-corrected chi connectivity index (χ2v) is 5.99. The lowest BCUT2D eigenvalue weighted by molar-refractivity contribution is 0.0389. The zero-order chi connectivity index (χ0) is 14.9. The number of carbonyl (C=O) groups is 1. The molecule has 1 saturated heterocycles. The standard InChI is InChI=1S/C15H20F2N2O/c1-15(2)10-19(7-6-18(15)3)9-14(20)12-5-4-11(16)8-13(12)17/h4-5,8H,6-7,9-10H2,1-3H3. The Bertz CT molecular complexity index is 517. The molecule has 0 atom stereocenters. The molecular formula is C15H20F2N2O. The van der Waals surface area contributed by atoms with E-state index in [9.17, 15) is 13.6 Å². The lowest BCUT2D eigenvalue weighted by Gasteiger charge is -2.45. The number of piperazine rings is 1. The van der Waals surface area contributed by atoms with E-state index in [4.69, 9.17) is 0 Å². The van der Waals surface area contributed by atoms with E-state index in [1.165, 1.54) is 6.07 Å². The van der Waals surface area contributed by atoms with Crippen LogP contribution in [0.3, 0.4) is 0 Å². The minimum atomic E-state index is -0.789. The van der Waals surface area contributed by atoms with E-state index in [-0.39, 0.29) is 23.4 Å². The van der Waals surface area contributed by atoms with Crippen molar-refractivity contribution in [3.8, 4) is 0 Å². The lowest BCUT2D eigenvalue weighted by atomic mass is 9.99. The fourth-order valence-corrected chi connectivity index (χ4v) is 2.48. The number of hydrogen-bond acceptors (Lipinski definition) is 3. The van der Waals surface area contributed by atoms with Crippen LogP contribution >= 0.6 is 0 Å². The number of halogens is 2. The van der Waals surface area contributed by atoms with E-state index in [1.807, 2.05) is 4.90 Å². The first-order valence-corrected chi connectivity index (χ1v) is 6.71. The first-order chi connectivity index (χ1) is 9.29. The Morgan fingerprint density at radius 1 is 1.30 bits per heavy atom. The van der Waals surface area contributed by atoms with Gasteiger partial charge in [-0.05, 0) is 33.0 Å². The maximum Gasteiger partial charge on any atom is 0.179 e. The number of Topliss-reactive ketones (excluding diaryl/α,β-unsaturated/α-hetero) is 1. The van der Waals surface area contributed by atoms with Crippen molar-refractivity contribution in [3.05, 3.63) is 35.4 Å². The molecule has 0 saturated carbocycles. The molecule has 1 aliphatic heterocycles. The van der Waals surface area contributed by atoms with Crippen molar-refractivity contribution in [2.24, 2.45) is 0 Å². The van der Waals surface area contributed by atoms with Gasteiger partial charge in [-0.2, -0.15) is 0 Å². The summed E-state index contributed by atoms with van der Waals surface area (Å²) in [5, 5.41) is 0. The highest BCUT2D eigenvalue weighted by atomic mass is 19.1. The molecule has 0 N–H and O–H groups in total. The van der Waals surface area contributed by atoms with Crippen LogP contribution in [0, 0.1) is 11.6 Å². The van der Waals surface area contributed by atoms with Crippen LogP contribution < -0.4 is 0 Å². The van der Waals surface area contributed by atoms with E-state index >= 15 is 0 Å². The fraction of sp³-hybridized carbons (Fsp3) is 0.533. The summed E-state index contributed by atoms with van der Waals surface area (Å²) in [5.74, 6) is -1.76. The Balaban J connectivity index is 2.05. The quantitative estimate of drug-likeness (QED) is 0.794. The zero-order valence-corrected chi connectivity index (χ0v) is 12.1. The summed E-state index contributed by atoms with van der Waals surface area (Å²) < 4.78 is 26.4. The van der Waals surface area contributed by atoms with Gasteiger partial charge >= 0.3 is 0 Å². The van der Waals surface area contributed by atoms with E-state index in [0.29, 0.717) is 0 Å². The summed E-state index contributed by atoms with van der Waals surface area (Å²) in [6.07, 6.45) is 0. The second-order valence-electron chi connectivity index (χ2n) is 5.99.